The van der Waals surface area contributed by atoms with Crippen LogP contribution in [0.4, 0.5) is 17.1 Å². The molecule has 0 saturated heterocycles. The van der Waals surface area contributed by atoms with Crippen molar-refractivity contribution in [3.05, 3.63) is 46.5 Å². The minimum atomic E-state index is -0.620. The normalized spacial score (nSPS) is 12.3. The minimum Gasteiger partial charge on any atom is -0.496 e. The third-order valence-corrected chi connectivity index (χ3v) is 3.63. The number of amides is 2. The van der Waals surface area contributed by atoms with Crippen molar-refractivity contribution in [2.45, 2.75) is 0 Å². The van der Waals surface area contributed by atoms with Crippen molar-refractivity contribution in [2.75, 3.05) is 31.0 Å². The molecule has 140 valence electrons. The summed E-state index contributed by atoms with van der Waals surface area (Å²) in [4.78, 5) is 33.9. The highest BCUT2D eigenvalue weighted by atomic mass is 16.6. The van der Waals surface area contributed by atoms with Crippen LogP contribution in [-0.4, -0.2) is 37.1 Å². The summed E-state index contributed by atoms with van der Waals surface area (Å²) >= 11 is 0. The van der Waals surface area contributed by atoms with Gasteiger partial charge in [0.15, 0.2) is 13.2 Å². The molecule has 0 atom stereocenters. The molecule has 2 aromatic carbocycles. The molecule has 10 nitrogen and oxygen atoms in total. The summed E-state index contributed by atoms with van der Waals surface area (Å²) in [5.74, 6) is 0.263. The van der Waals surface area contributed by atoms with Crippen LogP contribution in [0.3, 0.4) is 0 Å². The molecule has 1 aliphatic heterocycles. The van der Waals surface area contributed by atoms with Gasteiger partial charge in [-0.3, -0.25) is 19.7 Å². The third-order valence-electron chi connectivity index (χ3n) is 3.63. The van der Waals surface area contributed by atoms with Gasteiger partial charge in [-0.15, -0.1) is 0 Å². The smallest absolute Gasteiger partial charge is 0.296 e. The van der Waals surface area contributed by atoms with Crippen molar-refractivity contribution in [1.82, 2.24) is 0 Å². The van der Waals surface area contributed by atoms with Crippen LogP contribution in [-0.2, 0) is 9.59 Å². The number of fused-ring (bicyclic) bond motifs is 1. The molecule has 3 rings (SSSR count). The van der Waals surface area contributed by atoms with Crippen LogP contribution in [0.25, 0.3) is 0 Å². The van der Waals surface area contributed by atoms with E-state index in [1.165, 1.54) is 31.4 Å². The molecule has 27 heavy (non-hydrogen) atoms. The number of nitro groups is 1. The SMILES string of the molecule is COc1ccc(NC(=O)COc2ccc3c(c2)NC(=O)CO3)c([N+](=O)[O-])c1. The molecule has 0 bridgehead atoms. The van der Waals surface area contributed by atoms with Gasteiger partial charge in [0.25, 0.3) is 17.5 Å². The lowest BCUT2D eigenvalue weighted by atomic mass is 10.2. The van der Waals surface area contributed by atoms with Gasteiger partial charge in [-0.2, -0.15) is 0 Å². The predicted molar refractivity (Wildman–Crippen MR) is 94.3 cm³/mol. The number of carbonyl (C=O) groups is 2. The molecule has 10 heteroatoms. The molecule has 1 heterocycles. The van der Waals surface area contributed by atoms with E-state index in [0.717, 1.165) is 0 Å². The topological polar surface area (TPSA) is 129 Å². The maximum atomic E-state index is 12.1. The van der Waals surface area contributed by atoms with Crippen molar-refractivity contribution in [3.8, 4) is 17.2 Å². The average molecular weight is 373 g/mol. The molecule has 2 amide bonds. The van der Waals surface area contributed by atoms with Crippen molar-refractivity contribution in [3.63, 3.8) is 0 Å². The lowest BCUT2D eigenvalue weighted by molar-refractivity contribution is -0.384. The fourth-order valence-corrected chi connectivity index (χ4v) is 2.38. The second-order valence-corrected chi connectivity index (χ2v) is 5.47. The fraction of sp³-hybridized carbons (Fsp3) is 0.176. The fourth-order valence-electron chi connectivity index (χ4n) is 2.38. The molecule has 0 aliphatic carbocycles. The largest absolute Gasteiger partial charge is 0.496 e. The summed E-state index contributed by atoms with van der Waals surface area (Å²) in [5, 5.41) is 16.2. The van der Waals surface area contributed by atoms with Crippen LogP contribution in [0.15, 0.2) is 36.4 Å². The summed E-state index contributed by atoms with van der Waals surface area (Å²) in [5.41, 5.74) is 0.173. The molecule has 2 N–H and O–H groups in total. The number of benzene rings is 2. The van der Waals surface area contributed by atoms with Crippen molar-refractivity contribution in [1.29, 1.82) is 0 Å². The second-order valence-electron chi connectivity index (χ2n) is 5.47. The molecule has 0 spiro atoms. The van der Waals surface area contributed by atoms with Gasteiger partial charge in [0.2, 0.25) is 0 Å². The van der Waals surface area contributed by atoms with E-state index in [-0.39, 0.29) is 30.5 Å². The number of nitrogens with one attached hydrogen (secondary N) is 2. The second kappa shape index (κ2) is 7.60. The first-order valence-electron chi connectivity index (χ1n) is 7.78. The van der Waals surface area contributed by atoms with E-state index in [1.54, 1.807) is 12.1 Å². The lowest BCUT2D eigenvalue weighted by Crippen LogP contribution is -2.25. The van der Waals surface area contributed by atoms with Gasteiger partial charge in [-0.1, -0.05) is 0 Å². The number of methoxy groups -OCH3 is 1. The van der Waals surface area contributed by atoms with Gasteiger partial charge in [-0.05, 0) is 24.3 Å². The van der Waals surface area contributed by atoms with Gasteiger partial charge in [0.05, 0.1) is 23.8 Å². The van der Waals surface area contributed by atoms with E-state index in [9.17, 15) is 19.7 Å². The number of carbonyl (C=O) groups excluding carboxylic acids is 2. The first-order chi connectivity index (χ1) is 13.0. The van der Waals surface area contributed by atoms with Crippen molar-refractivity contribution < 1.29 is 28.7 Å². The third kappa shape index (κ3) is 4.24. The lowest BCUT2D eigenvalue weighted by Gasteiger charge is -2.18. The van der Waals surface area contributed by atoms with Gasteiger partial charge < -0.3 is 24.8 Å². The standard InChI is InChI=1S/C17H15N3O7/c1-25-10-2-4-12(14(7-10)20(23)24)18-16(21)8-26-11-3-5-15-13(6-11)19-17(22)9-27-15/h2-7H,8-9H2,1H3,(H,18,21)(H,19,22). The Hall–Kier alpha value is -3.82. The Morgan fingerprint density at radius 3 is 2.81 bits per heavy atom. The summed E-state index contributed by atoms with van der Waals surface area (Å²) in [6.45, 7) is -0.437. The van der Waals surface area contributed by atoms with Crippen LogP contribution < -0.4 is 24.8 Å². The Bertz CT molecular complexity index is 913. The summed E-state index contributed by atoms with van der Waals surface area (Å²) < 4.78 is 15.5. The molecule has 0 saturated carbocycles. The Labute approximate surface area is 153 Å². The Kier molecular flexibility index (Phi) is 5.06. The predicted octanol–water partition coefficient (Wildman–Crippen LogP) is 1.95. The highest BCUT2D eigenvalue weighted by Crippen LogP contribution is 2.32. The zero-order valence-corrected chi connectivity index (χ0v) is 14.2. The van der Waals surface area contributed by atoms with E-state index in [4.69, 9.17) is 14.2 Å². The van der Waals surface area contributed by atoms with E-state index < -0.39 is 10.8 Å². The first kappa shape index (κ1) is 18.0. The zero-order valence-electron chi connectivity index (χ0n) is 14.2. The van der Waals surface area contributed by atoms with Crippen molar-refractivity contribution >= 4 is 28.9 Å². The van der Waals surface area contributed by atoms with E-state index in [2.05, 4.69) is 10.6 Å². The van der Waals surface area contributed by atoms with E-state index >= 15 is 0 Å². The maximum Gasteiger partial charge on any atom is 0.296 e. The highest BCUT2D eigenvalue weighted by molar-refractivity contribution is 5.96. The molecule has 0 unspecified atom stereocenters. The van der Waals surface area contributed by atoms with Crippen LogP contribution in [0.1, 0.15) is 0 Å². The zero-order chi connectivity index (χ0) is 19.4. The van der Waals surface area contributed by atoms with Gasteiger partial charge in [0.1, 0.15) is 22.9 Å². The average Bonchev–Trinajstić information content (AvgIpc) is 2.66. The minimum absolute atomic E-state index is 0.0282. The number of ether oxygens (including phenoxy) is 3. The molecule has 0 radical (unpaired) electrons. The quantitative estimate of drug-likeness (QED) is 0.585. The Morgan fingerprint density at radius 2 is 2.07 bits per heavy atom. The van der Waals surface area contributed by atoms with Crippen LogP contribution >= 0.6 is 0 Å². The number of rotatable bonds is 6. The summed E-state index contributed by atoms with van der Waals surface area (Å²) in [6, 6.07) is 8.80. The van der Waals surface area contributed by atoms with Crippen LogP contribution in [0.5, 0.6) is 17.2 Å². The van der Waals surface area contributed by atoms with Gasteiger partial charge in [0, 0.05) is 6.07 Å². The molecular weight excluding hydrogens is 358 g/mol. The van der Waals surface area contributed by atoms with E-state index in [0.29, 0.717) is 22.9 Å². The Balaban J connectivity index is 1.64. The van der Waals surface area contributed by atoms with Gasteiger partial charge >= 0.3 is 0 Å². The monoisotopic (exact) mass is 373 g/mol. The van der Waals surface area contributed by atoms with E-state index in [1.807, 2.05) is 0 Å². The van der Waals surface area contributed by atoms with Crippen LogP contribution in [0.2, 0.25) is 0 Å². The van der Waals surface area contributed by atoms with Crippen LogP contribution in [0, 0.1) is 10.1 Å². The molecule has 1 aliphatic rings. The van der Waals surface area contributed by atoms with Crippen molar-refractivity contribution in [2.24, 2.45) is 0 Å². The maximum absolute atomic E-state index is 12.1. The number of hydrogen-bond donors (Lipinski definition) is 2. The number of nitrogens with zero attached hydrogens (tertiary/aromatic N) is 1. The number of hydrogen-bond acceptors (Lipinski definition) is 7. The molecule has 2 aromatic rings. The number of anilines is 2. The van der Waals surface area contributed by atoms with Gasteiger partial charge in [-0.25, -0.2) is 0 Å². The first-order valence-corrected chi connectivity index (χ1v) is 7.78. The molecular formula is C17H15N3O7. The number of nitro benzene ring substituents is 1. The highest BCUT2D eigenvalue weighted by Gasteiger charge is 2.19. The Morgan fingerprint density at radius 1 is 1.30 bits per heavy atom. The summed E-state index contributed by atoms with van der Waals surface area (Å²) in [6.07, 6.45) is 0. The molecule has 0 aromatic heterocycles. The molecule has 0 fully saturated rings. The summed E-state index contributed by atoms with van der Waals surface area (Å²) in [7, 11) is 1.39.